The first-order valence-electron chi connectivity index (χ1n) is 9.17. The van der Waals surface area contributed by atoms with Gasteiger partial charge in [0.15, 0.2) is 0 Å². The Morgan fingerprint density at radius 2 is 1.53 bits per heavy atom. The fourth-order valence-corrected chi connectivity index (χ4v) is 2.46. The average Bonchev–Trinajstić information content (AvgIpc) is 2.75. The molecule has 0 atom stereocenters. The summed E-state index contributed by atoms with van der Waals surface area (Å²) >= 11 is 0. The van der Waals surface area contributed by atoms with E-state index in [1.54, 1.807) is 31.2 Å². The van der Waals surface area contributed by atoms with Crippen LogP contribution in [0.1, 0.15) is 22.8 Å². The molecule has 0 aliphatic carbocycles. The fraction of sp³-hybridized carbons (Fsp3) is 0.136. The topological polar surface area (TPSA) is 90.7 Å². The van der Waals surface area contributed by atoms with Crippen molar-refractivity contribution in [1.82, 2.24) is 4.98 Å². The van der Waals surface area contributed by atoms with Gasteiger partial charge in [-0.2, -0.15) is 10.2 Å². The van der Waals surface area contributed by atoms with Gasteiger partial charge in [0.25, 0.3) is 0 Å². The van der Waals surface area contributed by atoms with E-state index in [2.05, 4.69) is 9.72 Å². The molecule has 32 heavy (non-hydrogen) atoms. The number of halogens is 3. The molecule has 3 rings (SSSR count). The van der Waals surface area contributed by atoms with Gasteiger partial charge < -0.3 is 18.9 Å². The summed E-state index contributed by atoms with van der Waals surface area (Å²) in [4.78, 5) is 16.4. The first kappa shape index (κ1) is 22.4. The molecule has 0 N–H and O–H groups in total. The quantitative estimate of drug-likeness (QED) is 0.437. The van der Waals surface area contributed by atoms with E-state index in [-0.39, 0.29) is 29.7 Å². The average molecular weight is 444 g/mol. The van der Waals surface area contributed by atoms with Gasteiger partial charge in [0.1, 0.15) is 22.8 Å². The van der Waals surface area contributed by atoms with Gasteiger partial charge in [-0.3, -0.25) is 0 Å². The molecule has 0 saturated carbocycles. The molecule has 10 heteroatoms. The maximum absolute atomic E-state index is 12.3. The summed E-state index contributed by atoms with van der Waals surface area (Å²) in [6.07, 6.45) is -4.82. The van der Waals surface area contributed by atoms with Crippen molar-refractivity contribution in [3.8, 4) is 35.1 Å². The summed E-state index contributed by atoms with van der Waals surface area (Å²) in [7, 11) is 0. The lowest BCUT2D eigenvalue weighted by Gasteiger charge is -2.13. The van der Waals surface area contributed by atoms with E-state index >= 15 is 0 Å². The Morgan fingerprint density at radius 3 is 2.12 bits per heavy atom. The number of nitrogens with zero attached hydrogens (tertiary/aromatic N) is 2. The smallest absolute Gasteiger partial charge is 0.462 e. The predicted octanol–water partition coefficient (Wildman–Crippen LogP) is 5.61. The number of nitriles is 1. The summed E-state index contributed by atoms with van der Waals surface area (Å²) in [6, 6.07) is 15.6. The predicted molar refractivity (Wildman–Crippen MR) is 105 cm³/mol. The zero-order valence-corrected chi connectivity index (χ0v) is 16.6. The number of hydrogen-bond acceptors (Lipinski definition) is 7. The van der Waals surface area contributed by atoms with Gasteiger partial charge in [-0.1, -0.05) is 0 Å². The van der Waals surface area contributed by atoms with Crippen LogP contribution in [-0.2, 0) is 4.74 Å². The molecular weight excluding hydrogens is 429 g/mol. The Kier molecular flexibility index (Phi) is 6.80. The Balaban J connectivity index is 1.86. The van der Waals surface area contributed by atoms with Crippen molar-refractivity contribution < 1.29 is 36.9 Å². The summed E-state index contributed by atoms with van der Waals surface area (Å²) in [5.74, 6) is -0.722. The van der Waals surface area contributed by atoms with Crippen molar-refractivity contribution in [3.63, 3.8) is 0 Å². The highest BCUT2D eigenvalue weighted by molar-refractivity contribution is 5.92. The SMILES string of the molecule is CCOC(=O)c1ccc(Oc2ccc(C#N)cc2)nc1Oc1ccc(OC(F)(F)F)cc1. The Morgan fingerprint density at radius 1 is 0.938 bits per heavy atom. The molecule has 3 aromatic rings. The van der Waals surface area contributed by atoms with Crippen molar-refractivity contribution in [2.75, 3.05) is 6.61 Å². The van der Waals surface area contributed by atoms with Crippen LogP contribution in [0.3, 0.4) is 0 Å². The van der Waals surface area contributed by atoms with E-state index in [4.69, 9.17) is 19.5 Å². The van der Waals surface area contributed by atoms with Gasteiger partial charge >= 0.3 is 12.3 Å². The van der Waals surface area contributed by atoms with Crippen LogP contribution < -0.4 is 14.2 Å². The molecule has 0 spiro atoms. The lowest BCUT2D eigenvalue weighted by Crippen LogP contribution is -2.16. The number of pyridine rings is 1. The van der Waals surface area contributed by atoms with Crippen LogP contribution in [0, 0.1) is 11.3 Å². The Bertz CT molecular complexity index is 1120. The maximum Gasteiger partial charge on any atom is 0.573 e. The van der Waals surface area contributed by atoms with E-state index in [9.17, 15) is 18.0 Å². The van der Waals surface area contributed by atoms with Gasteiger partial charge in [-0.25, -0.2) is 4.79 Å². The van der Waals surface area contributed by atoms with E-state index < -0.39 is 18.1 Å². The highest BCUT2D eigenvalue weighted by atomic mass is 19.4. The second kappa shape index (κ2) is 9.70. The second-order valence-corrected chi connectivity index (χ2v) is 6.08. The van der Waals surface area contributed by atoms with Crippen LogP contribution in [0.5, 0.6) is 29.0 Å². The van der Waals surface area contributed by atoms with E-state index in [0.717, 1.165) is 12.1 Å². The minimum absolute atomic E-state index is 0.00496. The van der Waals surface area contributed by atoms with E-state index in [1.165, 1.54) is 24.3 Å². The Hall–Kier alpha value is -4.26. The molecule has 7 nitrogen and oxygen atoms in total. The molecule has 1 aromatic heterocycles. The minimum Gasteiger partial charge on any atom is -0.462 e. The van der Waals surface area contributed by atoms with Crippen LogP contribution in [-0.4, -0.2) is 23.9 Å². The number of hydrogen-bond donors (Lipinski definition) is 0. The van der Waals surface area contributed by atoms with Crippen molar-refractivity contribution >= 4 is 5.97 Å². The summed E-state index contributed by atoms with van der Waals surface area (Å²) in [5, 5.41) is 8.87. The number of rotatable bonds is 7. The second-order valence-electron chi connectivity index (χ2n) is 6.08. The van der Waals surface area contributed by atoms with Gasteiger partial charge in [0.2, 0.25) is 11.8 Å². The zero-order valence-electron chi connectivity index (χ0n) is 16.6. The van der Waals surface area contributed by atoms with E-state index in [0.29, 0.717) is 11.3 Å². The number of aromatic nitrogens is 1. The summed E-state index contributed by atoms with van der Waals surface area (Å²) in [6.45, 7) is 1.75. The lowest BCUT2D eigenvalue weighted by molar-refractivity contribution is -0.274. The molecule has 164 valence electrons. The molecule has 2 aromatic carbocycles. The molecule has 1 heterocycles. The van der Waals surface area contributed by atoms with Crippen molar-refractivity contribution in [3.05, 3.63) is 71.8 Å². The highest BCUT2D eigenvalue weighted by Gasteiger charge is 2.31. The molecule has 0 aliphatic heterocycles. The first-order chi connectivity index (χ1) is 15.3. The van der Waals surface area contributed by atoms with Crippen LogP contribution in [0.4, 0.5) is 13.2 Å². The molecule has 0 fully saturated rings. The number of ether oxygens (including phenoxy) is 4. The molecule has 0 saturated heterocycles. The fourth-order valence-electron chi connectivity index (χ4n) is 2.46. The number of carbonyl (C=O) groups excluding carboxylic acids is 1. The molecule has 0 aliphatic rings. The third-order valence-corrected chi connectivity index (χ3v) is 3.81. The zero-order chi connectivity index (χ0) is 23.1. The number of esters is 1. The summed E-state index contributed by atoms with van der Waals surface area (Å²) < 4.78 is 57.0. The molecule has 0 radical (unpaired) electrons. The van der Waals surface area contributed by atoms with Crippen molar-refractivity contribution in [1.29, 1.82) is 5.26 Å². The first-order valence-corrected chi connectivity index (χ1v) is 9.17. The molecule has 0 bridgehead atoms. The van der Waals surface area contributed by atoms with Crippen LogP contribution in [0.25, 0.3) is 0 Å². The Labute approximate surface area is 180 Å². The van der Waals surface area contributed by atoms with Crippen molar-refractivity contribution in [2.45, 2.75) is 13.3 Å². The molecule has 0 unspecified atom stereocenters. The van der Waals surface area contributed by atoms with Gasteiger partial charge in [-0.05, 0) is 61.5 Å². The number of benzene rings is 2. The molecule has 0 amide bonds. The normalized spacial score (nSPS) is 10.7. The van der Waals surface area contributed by atoms with Crippen LogP contribution >= 0.6 is 0 Å². The number of carbonyl (C=O) groups is 1. The van der Waals surface area contributed by atoms with Gasteiger partial charge in [0.05, 0.1) is 18.2 Å². The lowest BCUT2D eigenvalue weighted by atomic mass is 10.2. The maximum atomic E-state index is 12.3. The third kappa shape index (κ3) is 6.12. The third-order valence-electron chi connectivity index (χ3n) is 3.81. The van der Waals surface area contributed by atoms with E-state index in [1.807, 2.05) is 6.07 Å². The van der Waals surface area contributed by atoms with Crippen LogP contribution in [0.15, 0.2) is 60.7 Å². The number of alkyl halides is 3. The summed E-state index contributed by atoms with van der Waals surface area (Å²) in [5.41, 5.74) is 0.444. The monoisotopic (exact) mass is 444 g/mol. The largest absolute Gasteiger partial charge is 0.573 e. The molecular formula is C22H15F3N2O5. The van der Waals surface area contributed by atoms with Crippen molar-refractivity contribution in [2.24, 2.45) is 0 Å². The highest BCUT2D eigenvalue weighted by Crippen LogP contribution is 2.31. The van der Waals surface area contributed by atoms with Gasteiger partial charge in [0, 0.05) is 6.07 Å². The standard InChI is InChI=1S/C22H15F3N2O5/c1-2-29-21(28)18-11-12-19(30-15-5-3-14(13-26)4-6-15)27-20(18)31-16-7-9-17(10-8-16)32-22(23,24)25/h3-12H,2H2,1H3. The van der Waals surface area contributed by atoms with Gasteiger partial charge in [-0.15, -0.1) is 13.2 Å². The van der Waals surface area contributed by atoms with Crippen LogP contribution in [0.2, 0.25) is 0 Å². The minimum atomic E-state index is -4.82.